The second kappa shape index (κ2) is 11.6. The highest BCUT2D eigenvalue weighted by Crippen LogP contribution is 2.28. The van der Waals surface area contributed by atoms with Gasteiger partial charge in [-0.15, -0.1) is 0 Å². The van der Waals surface area contributed by atoms with Crippen molar-refractivity contribution in [3.05, 3.63) is 69.7 Å². The third-order valence-electron chi connectivity index (χ3n) is 6.19. The predicted octanol–water partition coefficient (Wildman–Crippen LogP) is 6.23. The number of benzene rings is 2. The highest BCUT2D eigenvalue weighted by atomic mass is 35.5. The molecule has 0 bridgehead atoms. The fraction of sp³-hybridized carbons (Fsp3) is 0.481. The van der Waals surface area contributed by atoms with Gasteiger partial charge in [-0.3, -0.25) is 4.79 Å². The maximum absolute atomic E-state index is 12.9. The zero-order valence-electron chi connectivity index (χ0n) is 20.9. The average molecular weight is 521 g/mol. The third-order valence-corrected chi connectivity index (χ3v) is 6.82. The largest absolute Gasteiger partial charge is 0.444 e. The molecule has 0 unspecified atom stereocenters. The van der Waals surface area contributed by atoms with Crippen LogP contribution in [0.25, 0.3) is 0 Å². The van der Waals surface area contributed by atoms with E-state index in [0.717, 1.165) is 44.5 Å². The summed E-state index contributed by atoms with van der Waals surface area (Å²) in [7, 11) is 0. The number of amides is 2. The lowest BCUT2D eigenvalue weighted by molar-refractivity contribution is 0.0495. The Hall–Kier alpha value is -2.28. The first-order valence-electron chi connectivity index (χ1n) is 12.0. The van der Waals surface area contributed by atoms with Crippen LogP contribution in [0.15, 0.2) is 48.5 Å². The molecule has 1 heterocycles. The lowest BCUT2D eigenvalue weighted by Crippen LogP contribution is -2.53. The molecule has 0 radical (unpaired) electrons. The van der Waals surface area contributed by atoms with Gasteiger partial charge in [0.15, 0.2) is 0 Å². The Balaban J connectivity index is 1.56. The fourth-order valence-corrected chi connectivity index (χ4v) is 4.78. The number of nitrogens with one attached hydrogen (secondary N) is 2. The Labute approximate surface area is 218 Å². The predicted molar refractivity (Wildman–Crippen MR) is 141 cm³/mol. The van der Waals surface area contributed by atoms with Crippen molar-refractivity contribution in [2.75, 3.05) is 19.6 Å². The Morgan fingerprint density at radius 3 is 2.20 bits per heavy atom. The smallest absolute Gasteiger partial charge is 0.408 e. The Morgan fingerprint density at radius 1 is 1.03 bits per heavy atom. The monoisotopic (exact) mass is 519 g/mol. The highest BCUT2D eigenvalue weighted by Gasteiger charge is 2.33. The van der Waals surface area contributed by atoms with Gasteiger partial charge in [0, 0.05) is 25.2 Å². The van der Waals surface area contributed by atoms with Gasteiger partial charge in [0.1, 0.15) is 5.60 Å². The lowest BCUT2D eigenvalue weighted by atomic mass is 9.89. The van der Waals surface area contributed by atoms with E-state index in [4.69, 9.17) is 27.9 Å². The maximum atomic E-state index is 12.9. The number of likely N-dealkylation sites (tertiary alicyclic amines) is 1. The third kappa shape index (κ3) is 8.13. The van der Waals surface area contributed by atoms with Gasteiger partial charge in [-0.1, -0.05) is 59.6 Å². The van der Waals surface area contributed by atoms with Crippen LogP contribution in [0.2, 0.25) is 10.0 Å². The van der Waals surface area contributed by atoms with Crippen LogP contribution < -0.4 is 10.6 Å². The molecule has 1 saturated heterocycles. The molecule has 0 spiro atoms. The van der Waals surface area contributed by atoms with Gasteiger partial charge in [-0.05, 0) is 64.7 Å². The number of halogens is 2. The molecule has 0 aromatic heterocycles. The molecule has 2 aromatic carbocycles. The normalized spacial score (nSPS) is 16.9. The van der Waals surface area contributed by atoms with Gasteiger partial charge in [0.25, 0.3) is 5.91 Å². The van der Waals surface area contributed by atoms with Gasteiger partial charge in [0.05, 0.1) is 21.7 Å². The van der Waals surface area contributed by atoms with E-state index in [2.05, 4.69) is 22.5 Å². The van der Waals surface area contributed by atoms with Gasteiger partial charge < -0.3 is 20.3 Å². The molecule has 0 aliphatic carbocycles. The number of hydrogen-bond acceptors (Lipinski definition) is 4. The van der Waals surface area contributed by atoms with E-state index in [0.29, 0.717) is 15.6 Å². The summed E-state index contributed by atoms with van der Waals surface area (Å²) in [6, 6.07) is 14.9. The van der Waals surface area contributed by atoms with Gasteiger partial charge >= 0.3 is 6.09 Å². The van der Waals surface area contributed by atoms with E-state index >= 15 is 0 Å². The summed E-state index contributed by atoms with van der Waals surface area (Å²) in [5.74, 6) is -0.248. The number of rotatable bonds is 7. The van der Waals surface area contributed by atoms with Crippen LogP contribution in [0.3, 0.4) is 0 Å². The molecule has 35 heavy (non-hydrogen) atoms. The van der Waals surface area contributed by atoms with Gasteiger partial charge in [0.2, 0.25) is 0 Å². The average Bonchev–Trinajstić information content (AvgIpc) is 2.77. The van der Waals surface area contributed by atoms with Crippen molar-refractivity contribution in [1.29, 1.82) is 0 Å². The topological polar surface area (TPSA) is 70.7 Å². The second-order valence-electron chi connectivity index (χ2n) is 10.4. The number of nitrogens with zero attached hydrogens (tertiary/aromatic N) is 1. The zero-order chi connectivity index (χ0) is 25.6. The molecule has 190 valence electrons. The Kier molecular flexibility index (Phi) is 9.08. The van der Waals surface area contributed by atoms with E-state index in [-0.39, 0.29) is 17.5 Å². The first-order chi connectivity index (χ1) is 16.5. The van der Waals surface area contributed by atoms with Crippen molar-refractivity contribution in [2.45, 2.75) is 64.1 Å². The van der Waals surface area contributed by atoms with E-state index < -0.39 is 11.7 Å². The van der Waals surface area contributed by atoms with Crippen molar-refractivity contribution in [2.24, 2.45) is 0 Å². The van der Waals surface area contributed by atoms with E-state index in [1.807, 2.05) is 51.1 Å². The number of ether oxygens (including phenoxy) is 1. The molecule has 3 rings (SSSR count). The van der Waals surface area contributed by atoms with Crippen molar-refractivity contribution >= 4 is 35.2 Å². The number of hydrogen-bond donors (Lipinski definition) is 2. The van der Waals surface area contributed by atoms with Crippen LogP contribution in [0.5, 0.6) is 0 Å². The molecule has 2 amide bonds. The lowest BCUT2D eigenvalue weighted by Gasteiger charge is -2.40. The van der Waals surface area contributed by atoms with E-state index in [9.17, 15) is 9.59 Å². The minimum absolute atomic E-state index is 0.151. The van der Waals surface area contributed by atoms with Crippen LogP contribution in [-0.2, 0) is 4.74 Å². The Bertz CT molecular complexity index is 996. The van der Waals surface area contributed by atoms with Crippen molar-refractivity contribution in [1.82, 2.24) is 15.5 Å². The SMILES string of the molecule is CC1(NC(=O)c2c(Cl)cccc2Cl)CCN(CC[C@H](NC(=O)OC(C)(C)C)c2ccccc2)CC1. The first kappa shape index (κ1) is 27.3. The molecule has 6 nitrogen and oxygen atoms in total. The van der Waals surface area contributed by atoms with Crippen LogP contribution >= 0.6 is 23.2 Å². The molecule has 8 heteroatoms. The van der Waals surface area contributed by atoms with Gasteiger partial charge in [-0.2, -0.15) is 0 Å². The molecule has 0 saturated carbocycles. The molecule has 1 atom stereocenters. The summed E-state index contributed by atoms with van der Waals surface area (Å²) in [6.07, 6.45) is 1.94. The van der Waals surface area contributed by atoms with Crippen LogP contribution in [-0.4, -0.2) is 47.7 Å². The minimum Gasteiger partial charge on any atom is -0.444 e. The number of alkyl carbamates (subject to hydrolysis) is 1. The fourth-order valence-electron chi connectivity index (χ4n) is 4.22. The van der Waals surface area contributed by atoms with Crippen LogP contribution in [0, 0.1) is 0 Å². The van der Waals surface area contributed by atoms with Crippen molar-refractivity contribution in [3.8, 4) is 0 Å². The molecule has 1 aliphatic rings. The Morgan fingerprint density at radius 2 is 1.63 bits per heavy atom. The summed E-state index contributed by atoms with van der Waals surface area (Å²) >= 11 is 12.4. The molecular weight excluding hydrogens is 485 g/mol. The van der Waals surface area contributed by atoms with Crippen LogP contribution in [0.4, 0.5) is 4.79 Å². The quantitative estimate of drug-likeness (QED) is 0.454. The summed E-state index contributed by atoms with van der Waals surface area (Å²) < 4.78 is 5.48. The summed E-state index contributed by atoms with van der Waals surface area (Å²) in [6.45, 7) is 10.1. The van der Waals surface area contributed by atoms with Gasteiger partial charge in [-0.25, -0.2) is 4.79 Å². The standard InChI is InChI=1S/C27H35Cl2N3O3/c1-26(2,3)35-25(34)30-22(19-9-6-5-7-10-19)13-16-32-17-14-27(4,15-18-32)31-24(33)23-20(28)11-8-12-21(23)29/h5-12,22H,13-18H2,1-4H3,(H,30,34)(H,31,33)/t22-/m0/s1. The molecular formula is C27H35Cl2N3O3. The highest BCUT2D eigenvalue weighted by molar-refractivity contribution is 6.39. The minimum atomic E-state index is -0.554. The van der Waals surface area contributed by atoms with E-state index in [1.54, 1.807) is 18.2 Å². The van der Waals surface area contributed by atoms with Crippen molar-refractivity contribution in [3.63, 3.8) is 0 Å². The zero-order valence-corrected chi connectivity index (χ0v) is 22.4. The summed E-state index contributed by atoms with van der Waals surface area (Å²) in [5, 5.41) is 6.87. The summed E-state index contributed by atoms with van der Waals surface area (Å²) in [5.41, 5.74) is 0.466. The number of carbonyl (C=O) groups is 2. The summed E-state index contributed by atoms with van der Waals surface area (Å²) in [4.78, 5) is 27.7. The van der Waals surface area contributed by atoms with Crippen molar-refractivity contribution < 1.29 is 14.3 Å². The number of piperidine rings is 1. The molecule has 1 fully saturated rings. The first-order valence-corrected chi connectivity index (χ1v) is 12.7. The van der Waals surface area contributed by atoms with Crippen LogP contribution in [0.1, 0.15) is 68.9 Å². The van der Waals surface area contributed by atoms with E-state index in [1.165, 1.54) is 0 Å². The number of carbonyl (C=O) groups excluding carboxylic acids is 2. The molecule has 1 aliphatic heterocycles. The second-order valence-corrected chi connectivity index (χ2v) is 11.2. The maximum Gasteiger partial charge on any atom is 0.408 e. The molecule has 2 aromatic rings. The molecule has 2 N–H and O–H groups in total.